The lowest BCUT2D eigenvalue weighted by Crippen LogP contribution is -2.44. The third-order valence-corrected chi connectivity index (χ3v) is 7.70. The van der Waals surface area contributed by atoms with Gasteiger partial charge in [-0.25, -0.2) is 8.78 Å². The molecule has 7 nitrogen and oxygen atoms in total. The van der Waals surface area contributed by atoms with Crippen molar-refractivity contribution < 1.29 is 23.2 Å². The van der Waals surface area contributed by atoms with Crippen LogP contribution >= 0.6 is 23.2 Å². The third-order valence-electron chi connectivity index (χ3n) is 6.77. The highest BCUT2D eigenvalue weighted by Gasteiger charge is 2.56. The van der Waals surface area contributed by atoms with Gasteiger partial charge in [0.2, 0.25) is 5.91 Å². The highest BCUT2D eigenvalue weighted by molar-refractivity contribution is 6.50. The monoisotopic (exact) mass is 484 g/mol. The number of fused-ring (bicyclic) bond motifs is 2. The lowest BCUT2D eigenvalue weighted by Gasteiger charge is -2.27. The average molecular weight is 485 g/mol. The molecule has 1 aromatic carbocycles. The van der Waals surface area contributed by atoms with E-state index in [4.69, 9.17) is 28.9 Å². The molecule has 0 bridgehead atoms. The zero-order valence-corrected chi connectivity index (χ0v) is 18.4. The number of hydrogen-bond acceptors (Lipinski definition) is 4. The molecule has 4 atom stereocenters. The van der Waals surface area contributed by atoms with Crippen LogP contribution in [0.25, 0.3) is 10.9 Å². The number of carbonyl (C=O) groups excluding carboxylic acids is 3. The number of likely N-dealkylation sites (tertiary alicyclic amines) is 1. The maximum Gasteiger partial charge on any atom is 0.269 e. The Morgan fingerprint density at radius 1 is 1.19 bits per heavy atom. The van der Waals surface area contributed by atoms with E-state index in [1.807, 2.05) is 0 Å². The summed E-state index contributed by atoms with van der Waals surface area (Å²) in [7, 11) is 0. The van der Waals surface area contributed by atoms with Crippen LogP contribution in [0.3, 0.4) is 0 Å². The number of ketones is 1. The molecule has 2 aromatic rings. The third kappa shape index (κ3) is 3.65. The van der Waals surface area contributed by atoms with Crippen LogP contribution in [0.1, 0.15) is 42.6 Å². The molecule has 1 aliphatic heterocycles. The fourth-order valence-corrected chi connectivity index (χ4v) is 5.44. The Hall–Kier alpha value is -2.26. The summed E-state index contributed by atoms with van der Waals surface area (Å²) in [4.78, 5) is 39.3. The molecule has 2 aliphatic carbocycles. The number of hydrogen-bond donors (Lipinski definition) is 1. The van der Waals surface area contributed by atoms with Crippen LogP contribution in [0.4, 0.5) is 8.78 Å². The Kier molecular flexibility index (Phi) is 4.98. The van der Waals surface area contributed by atoms with Crippen molar-refractivity contribution >= 4 is 51.7 Å². The van der Waals surface area contributed by atoms with Crippen molar-refractivity contribution in [1.82, 2.24) is 14.7 Å². The van der Waals surface area contributed by atoms with E-state index in [-0.39, 0.29) is 52.7 Å². The van der Waals surface area contributed by atoms with E-state index in [0.29, 0.717) is 25.7 Å². The molecule has 2 saturated carbocycles. The van der Waals surface area contributed by atoms with Gasteiger partial charge in [-0.1, -0.05) is 0 Å². The molecule has 5 rings (SSSR count). The van der Waals surface area contributed by atoms with Crippen LogP contribution in [0, 0.1) is 23.5 Å². The Balaban J connectivity index is 1.36. The van der Waals surface area contributed by atoms with Crippen LogP contribution in [-0.4, -0.2) is 48.7 Å². The Labute approximate surface area is 191 Å². The number of amides is 2. The van der Waals surface area contributed by atoms with E-state index in [2.05, 4.69) is 5.10 Å². The van der Waals surface area contributed by atoms with Crippen LogP contribution in [0.5, 0.6) is 0 Å². The van der Waals surface area contributed by atoms with Crippen molar-refractivity contribution in [3.63, 3.8) is 0 Å². The molecular formula is C21H20Cl2F2N4O3. The smallest absolute Gasteiger partial charge is 0.269 e. The number of piperidine rings is 1. The van der Waals surface area contributed by atoms with Gasteiger partial charge in [-0.2, -0.15) is 5.10 Å². The van der Waals surface area contributed by atoms with Gasteiger partial charge >= 0.3 is 0 Å². The van der Waals surface area contributed by atoms with Crippen molar-refractivity contribution in [3.8, 4) is 0 Å². The van der Waals surface area contributed by atoms with Crippen molar-refractivity contribution in [2.24, 2.45) is 17.6 Å². The average Bonchev–Trinajstić information content (AvgIpc) is 3.52. The van der Waals surface area contributed by atoms with E-state index in [1.54, 1.807) is 4.90 Å². The van der Waals surface area contributed by atoms with Crippen LogP contribution in [0.15, 0.2) is 12.1 Å². The summed E-state index contributed by atoms with van der Waals surface area (Å²) in [5, 5.41) is 4.05. The molecule has 3 aliphatic rings. The topological polar surface area (TPSA) is 98.3 Å². The van der Waals surface area contributed by atoms with Gasteiger partial charge in [0.15, 0.2) is 23.1 Å². The van der Waals surface area contributed by atoms with Gasteiger partial charge in [-0.3, -0.25) is 19.1 Å². The standard InChI is InChI=1S/C21H20Cl2F2N4O3/c22-21(23)7-10(21)1-2-17(30)16-4-9-3-14(9)29(16)18(31)8-28-15-6-13(25)12(24)5-11(15)19(27-28)20(26)32/h5-6,9-10,14,16H,1-4,7-8H2,(H2,26,32)/t9-,10+,14-,16+/m1/s1. The predicted molar refractivity (Wildman–Crippen MR) is 112 cm³/mol. The van der Waals surface area contributed by atoms with Gasteiger partial charge in [-0.15, -0.1) is 23.2 Å². The summed E-state index contributed by atoms with van der Waals surface area (Å²) < 4.78 is 27.9. The van der Waals surface area contributed by atoms with Crippen molar-refractivity contribution in [2.45, 2.75) is 55.1 Å². The molecule has 1 saturated heterocycles. The molecule has 170 valence electrons. The first-order valence-corrected chi connectivity index (χ1v) is 11.2. The molecule has 32 heavy (non-hydrogen) atoms. The summed E-state index contributed by atoms with van der Waals surface area (Å²) in [6.45, 7) is -0.322. The van der Waals surface area contributed by atoms with Crippen LogP contribution in [-0.2, 0) is 16.1 Å². The van der Waals surface area contributed by atoms with E-state index in [0.717, 1.165) is 23.2 Å². The maximum absolute atomic E-state index is 13.8. The minimum atomic E-state index is -1.15. The number of rotatable bonds is 7. The lowest BCUT2D eigenvalue weighted by molar-refractivity contribution is -0.139. The fraction of sp³-hybridized carbons (Fsp3) is 0.524. The number of primary amides is 1. The summed E-state index contributed by atoms with van der Waals surface area (Å²) in [6.07, 6.45) is 2.97. The molecular weight excluding hydrogens is 465 g/mol. The van der Waals surface area contributed by atoms with Gasteiger partial charge in [0, 0.05) is 23.9 Å². The SMILES string of the molecule is NC(=O)c1nn(CC(=O)N2[C@@H]3C[C@@H]3C[C@H]2C(=O)CC[C@H]2CC2(Cl)Cl)c2cc(F)c(F)cc12. The largest absolute Gasteiger partial charge is 0.364 e. The number of aromatic nitrogens is 2. The highest BCUT2D eigenvalue weighted by atomic mass is 35.5. The number of halogens is 4. The summed E-state index contributed by atoms with van der Waals surface area (Å²) >= 11 is 12.1. The zero-order valence-electron chi connectivity index (χ0n) is 16.9. The Morgan fingerprint density at radius 3 is 2.53 bits per heavy atom. The highest BCUT2D eigenvalue weighted by Crippen LogP contribution is 2.55. The second-order valence-corrected chi connectivity index (χ2v) is 10.5. The number of benzene rings is 1. The van der Waals surface area contributed by atoms with E-state index in [9.17, 15) is 23.2 Å². The molecule has 0 unspecified atom stereocenters. The second-order valence-electron chi connectivity index (χ2n) is 8.94. The number of Topliss-reactive ketones (excluding diaryl/α,β-unsaturated/α-hetero) is 1. The number of nitrogens with two attached hydrogens (primary N) is 1. The first kappa shape index (κ1) is 21.6. The predicted octanol–water partition coefficient (Wildman–Crippen LogP) is 2.95. The maximum atomic E-state index is 13.8. The van der Waals surface area contributed by atoms with Crippen molar-refractivity contribution in [3.05, 3.63) is 29.5 Å². The summed E-state index contributed by atoms with van der Waals surface area (Å²) in [6, 6.07) is 1.17. The lowest BCUT2D eigenvalue weighted by atomic mass is 10.0. The first-order valence-electron chi connectivity index (χ1n) is 10.4. The van der Waals surface area contributed by atoms with Gasteiger partial charge in [-0.05, 0) is 43.6 Å². The van der Waals surface area contributed by atoms with Gasteiger partial charge in [0.05, 0.1) is 11.6 Å². The molecule has 2 N–H and O–H groups in total. The molecule has 3 fully saturated rings. The van der Waals surface area contributed by atoms with Gasteiger partial charge in [0.25, 0.3) is 5.91 Å². The van der Waals surface area contributed by atoms with E-state index >= 15 is 0 Å². The molecule has 1 aromatic heterocycles. The van der Waals surface area contributed by atoms with Gasteiger partial charge < -0.3 is 10.6 Å². The first-order chi connectivity index (χ1) is 15.1. The van der Waals surface area contributed by atoms with Crippen LogP contribution in [0.2, 0.25) is 0 Å². The number of carbonyl (C=O) groups is 3. The summed E-state index contributed by atoms with van der Waals surface area (Å²) in [5.41, 5.74) is 5.15. The molecule has 2 amide bonds. The quantitative estimate of drug-likeness (QED) is 0.610. The van der Waals surface area contributed by atoms with E-state index < -0.39 is 27.9 Å². The summed E-state index contributed by atoms with van der Waals surface area (Å²) in [5.74, 6) is -3.21. The Bertz CT molecular complexity index is 1170. The molecule has 11 heteroatoms. The number of alkyl halides is 2. The molecule has 2 heterocycles. The number of nitrogens with zero attached hydrogens (tertiary/aromatic N) is 3. The molecule has 0 radical (unpaired) electrons. The van der Waals surface area contributed by atoms with E-state index in [1.165, 1.54) is 0 Å². The van der Waals surface area contributed by atoms with Gasteiger partial charge in [0.1, 0.15) is 10.9 Å². The second kappa shape index (κ2) is 7.38. The molecule has 0 spiro atoms. The Morgan fingerprint density at radius 2 is 1.88 bits per heavy atom. The fourth-order valence-electron chi connectivity index (χ4n) is 4.85. The van der Waals surface area contributed by atoms with Crippen LogP contribution < -0.4 is 5.73 Å². The minimum Gasteiger partial charge on any atom is -0.364 e. The zero-order chi connectivity index (χ0) is 22.9. The van der Waals surface area contributed by atoms with Crippen molar-refractivity contribution in [1.29, 1.82) is 0 Å². The normalized spacial score (nSPS) is 27.4. The minimum absolute atomic E-state index is 0.0101. The van der Waals surface area contributed by atoms with Crippen molar-refractivity contribution in [2.75, 3.05) is 0 Å².